The van der Waals surface area contributed by atoms with Gasteiger partial charge in [-0.3, -0.25) is 4.79 Å². The zero-order valence-electron chi connectivity index (χ0n) is 7.58. The van der Waals surface area contributed by atoms with Gasteiger partial charge in [0.1, 0.15) is 4.60 Å². The Morgan fingerprint density at radius 3 is 2.80 bits per heavy atom. The monoisotopic (exact) mass is 308 g/mol. The van der Waals surface area contributed by atoms with E-state index in [0.717, 1.165) is 0 Å². The summed E-state index contributed by atoms with van der Waals surface area (Å²) in [6.45, 7) is 0.490. The molecule has 1 aromatic rings. The van der Waals surface area contributed by atoms with E-state index in [0.29, 0.717) is 28.4 Å². The smallest absolute Gasteiger partial charge is 0.228 e. The molecule has 1 unspecified atom stereocenters. The van der Waals surface area contributed by atoms with Crippen molar-refractivity contribution in [1.29, 1.82) is 0 Å². The van der Waals surface area contributed by atoms with E-state index in [1.807, 2.05) is 0 Å². The van der Waals surface area contributed by atoms with E-state index in [4.69, 9.17) is 23.2 Å². The average Bonchev–Trinajstić information content (AvgIpc) is 2.45. The summed E-state index contributed by atoms with van der Waals surface area (Å²) in [4.78, 5) is 17.2. The average molecular weight is 310 g/mol. The van der Waals surface area contributed by atoms with Crippen LogP contribution < -0.4 is 4.90 Å². The zero-order valence-corrected chi connectivity index (χ0v) is 10.7. The Balaban J connectivity index is 2.34. The Morgan fingerprint density at radius 2 is 2.27 bits per heavy atom. The number of hydrogen-bond acceptors (Lipinski definition) is 2. The maximum absolute atomic E-state index is 11.6. The summed E-state index contributed by atoms with van der Waals surface area (Å²) in [7, 11) is 0. The van der Waals surface area contributed by atoms with Crippen molar-refractivity contribution >= 4 is 50.7 Å². The maximum Gasteiger partial charge on any atom is 0.228 e. The molecule has 15 heavy (non-hydrogen) atoms. The van der Waals surface area contributed by atoms with E-state index in [-0.39, 0.29) is 11.3 Å². The number of aromatic nitrogens is 1. The largest absolute Gasteiger partial charge is 0.308 e. The molecule has 6 heteroatoms. The van der Waals surface area contributed by atoms with Crippen molar-refractivity contribution in [3.63, 3.8) is 0 Å². The van der Waals surface area contributed by atoms with Crippen molar-refractivity contribution in [3.05, 3.63) is 21.9 Å². The number of pyridine rings is 1. The molecule has 0 spiro atoms. The number of rotatable bonds is 1. The van der Waals surface area contributed by atoms with E-state index in [2.05, 4.69) is 20.9 Å². The number of amides is 1. The molecular formula is C9H7BrCl2N2O. The Labute approximate surface area is 106 Å². The molecule has 1 aliphatic rings. The van der Waals surface area contributed by atoms with E-state index < -0.39 is 0 Å². The molecule has 2 rings (SSSR count). The van der Waals surface area contributed by atoms with Crippen LogP contribution in [0, 0.1) is 0 Å². The van der Waals surface area contributed by atoms with Gasteiger partial charge in [-0.05, 0) is 28.1 Å². The summed E-state index contributed by atoms with van der Waals surface area (Å²) in [5.74, 6) is -0.0129. The fourth-order valence-corrected chi connectivity index (χ4v) is 2.44. The minimum Gasteiger partial charge on any atom is -0.308 e. The lowest BCUT2D eigenvalue weighted by molar-refractivity contribution is -0.117. The summed E-state index contributed by atoms with van der Waals surface area (Å²) in [6.07, 6.45) is 0.355. The zero-order chi connectivity index (χ0) is 11.0. The second kappa shape index (κ2) is 4.28. The molecule has 3 nitrogen and oxygen atoms in total. The van der Waals surface area contributed by atoms with Crippen LogP contribution in [0.5, 0.6) is 0 Å². The van der Waals surface area contributed by atoms with Gasteiger partial charge in [0, 0.05) is 13.0 Å². The fourth-order valence-electron chi connectivity index (χ4n) is 1.50. The number of carbonyl (C=O) groups excluding carboxylic acids is 1. The summed E-state index contributed by atoms with van der Waals surface area (Å²) in [5.41, 5.74) is 0.619. The van der Waals surface area contributed by atoms with Gasteiger partial charge in [0.05, 0.1) is 11.1 Å². The number of hydrogen-bond donors (Lipinski definition) is 0. The lowest BCUT2D eigenvalue weighted by Gasteiger charge is -2.16. The van der Waals surface area contributed by atoms with Crippen LogP contribution in [0.4, 0.5) is 5.69 Å². The highest BCUT2D eigenvalue weighted by atomic mass is 79.9. The molecule has 1 saturated heterocycles. The summed E-state index contributed by atoms with van der Waals surface area (Å²) >= 11 is 15.1. The summed E-state index contributed by atoms with van der Waals surface area (Å²) in [5, 5.41) is 0.167. The van der Waals surface area contributed by atoms with Crippen LogP contribution in [0.25, 0.3) is 0 Å². The van der Waals surface area contributed by atoms with Gasteiger partial charge in [0.2, 0.25) is 5.91 Å². The molecule has 1 atom stereocenters. The molecule has 80 valence electrons. The minimum atomic E-state index is -0.141. The van der Waals surface area contributed by atoms with E-state index in [1.54, 1.807) is 17.0 Å². The van der Waals surface area contributed by atoms with Crippen LogP contribution in [-0.2, 0) is 4.79 Å². The number of anilines is 1. The van der Waals surface area contributed by atoms with Crippen molar-refractivity contribution in [2.24, 2.45) is 0 Å². The molecule has 0 bridgehead atoms. The predicted molar refractivity (Wildman–Crippen MR) is 63.6 cm³/mol. The van der Waals surface area contributed by atoms with Gasteiger partial charge in [-0.1, -0.05) is 11.6 Å². The molecule has 0 radical (unpaired) electrons. The third kappa shape index (κ3) is 2.27. The van der Waals surface area contributed by atoms with Crippen molar-refractivity contribution in [2.45, 2.75) is 11.8 Å². The van der Waals surface area contributed by atoms with Crippen LogP contribution >= 0.6 is 39.1 Å². The van der Waals surface area contributed by atoms with Gasteiger partial charge in [-0.25, -0.2) is 4.98 Å². The highest BCUT2D eigenvalue weighted by Gasteiger charge is 2.30. The highest BCUT2D eigenvalue weighted by Crippen LogP contribution is 2.30. The first-order valence-corrected chi connectivity index (χ1v) is 5.95. The lowest BCUT2D eigenvalue weighted by Crippen LogP contribution is -2.25. The Morgan fingerprint density at radius 1 is 1.53 bits per heavy atom. The van der Waals surface area contributed by atoms with Crippen LogP contribution in [0.2, 0.25) is 5.15 Å². The number of carbonyl (C=O) groups is 1. The van der Waals surface area contributed by atoms with Gasteiger partial charge >= 0.3 is 0 Å². The van der Waals surface area contributed by atoms with Crippen LogP contribution in [0.1, 0.15) is 6.42 Å². The SMILES string of the molecule is O=C1CC(Cl)CN1c1ccc(Br)nc1Cl. The Bertz CT molecular complexity index is 413. The van der Waals surface area contributed by atoms with Crippen LogP contribution in [0.15, 0.2) is 16.7 Å². The fraction of sp³-hybridized carbons (Fsp3) is 0.333. The molecule has 0 aromatic carbocycles. The first-order chi connectivity index (χ1) is 7.08. The molecule has 1 fully saturated rings. The Kier molecular flexibility index (Phi) is 3.19. The summed E-state index contributed by atoms with van der Waals surface area (Å²) < 4.78 is 0.644. The van der Waals surface area contributed by atoms with Gasteiger partial charge in [-0.15, -0.1) is 11.6 Å². The molecule has 0 saturated carbocycles. The van der Waals surface area contributed by atoms with Crippen molar-refractivity contribution in [3.8, 4) is 0 Å². The van der Waals surface area contributed by atoms with E-state index in [1.165, 1.54) is 0 Å². The highest BCUT2D eigenvalue weighted by molar-refractivity contribution is 9.10. The van der Waals surface area contributed by atoms with Gasteiger partial charge in [-0.2, -0.15) is 0 Å². The third-order valence-corrected chi connectivity index (χ3v) is 3.18. The molecule has 2 heterocycles. The van der Waals surface area contributed by atoms with Gasteiger partial charge < -0.3 is 4.90 Å². The first kappa shape index (κ1) is 11.2. The molecule has 0 N–H and O–H groups in total. The molecule has 1 amide bonds. The number of alkyl halides is 1. The van der Waals surface area contributed by atoms with E-state index >= 15 is 0 Å². The van der Waals surface area contributed by atoms with Crippen molar-refractivity contribution < 1.29 is 4.79 Å². The van der Waals surface area contributed by atoms with Crippen molar-refractivity contribution in [1.82, 2.24) is 4.98 Å². The molecule has 0 aliphatic carbocycles. The van der Waals surface area contributed by atoms with Crippen LogP contribution in [0.3, 0.4) is 0 Å². The quantitative estimate of drug-likeness (QED) is 0.590. The number of nitrogens with zero attached hydrogens (tertiary/aromatic N) is 2. The molecule has 1 aliphatic heterocycles. The molecular weight excluding hydrogens is 303 g/mol. The molecule has 1 aromatic heterocycles. The standard InChI is InChI=1S/C9H7BrCl2N2O/c10-7-2-1-6(9(12)13-7)14-4-5(11)3-8(14)15/h1-2,5H,3-4H2. The van der Waals surface area contributed by atoms with Gasteiger partial charge in [0.15, 0.2) is 5.15 Å². The maximum atomic E-state index is 11.6. The summed E-state index contributed by atoms with van der Waals surface area (Å²) in [6, 6.07) is 3.50. The topological polar surface area (TPSA) is 33.2 Å². The minimum absolute atomic E-state index is 0.0129. The second-order valence-corrected chi connectivity index (χ2v) is 5.04. The van der Waals surface area contributed by atoms with Crippen molar-refractivity contribution in [2.75, 3.05) is 11.4 Å². The van der Waals surface area contributed by atoms with Gasteiger partial charge in [0.25, 0.3) is 0 Å². The normalized spacial score (nSPS) is 21.1. The van der Waals surface area contributed by atoms with Crippen LogP contribution in [-0.4, -0.2) is 22.8 Å². The number of halogens is 3. The first-order valence-electron chi connectivity index (χ1n) is 4.34. The third-order valence-electron chi connectivity index (χ3n) is 2.16. The Hall–Kier alpha value is -0.320. The lowest BCUT2D eigenvalue weighted by atomic mass is 10.4. The van der Waals surface area contributed by atoms with E-state index in [9.17, 15) is 4.79 Å². The predicted octanol–water partition coefficient (Wildman–Crippen LogP) is 2.84. The second-order valence-electron chi connectivity index (χ2n) is 3.25.